The zero-order valence-electron chi connectivity index (χ0n) is 21.3. The molecule has 4 rings (SSSR count). The number of nitrogens with two attached hydrogens (primary N) is 1. The lowest BCUT2D eigenvalue weighted by Gasteiger charge is -2.27. The molecule has 1 heterocycles. The van der Waals surface area contributed by atoms with Crippen molar-refractivity contribution in [3.8, 4) is 22.7 Å². The molecule has 2 atom stereocenters. The van der Waals surface area contributed by atoms with Crippen LogP contribution in [0.2, 0.25) is 10.0 Å². The highest BCUT2D eigenvalue weighted by Crippen LogP contribution is 2.34. The molecule has 1 aromatic heterocycles. The Labute approximate surface area is 239 Å². The summed E-state index contributed by atoms with van der Waals surface area (Å²) in [5, 5.41) is 8.27. The summed E-state index contributed by atoms with van der Waals surface area (Å²) < 4.78 is 67.7. The minimum Gasteiger partial charge on any atom is -0.382 e. The highest BCUT2D eigenvalue weighted by Gasteiger charge is 2.31. The molecule has 3 N–H and O–H groups in total. The van der Waals surface area contributed by atoms with E-state index in [9.17, 15) is 26.4 Å². The minimum absolute atomic E-state index is 0.0131. The van der Waals surface area contributed by atoms with Gasteiger partial charge in [-0.25, -0.2) is 4.68 Å². The predicted octanol–water partition coefficient (Wildman–Crippen LogP) is 5.82. The van der Waals surface area contributed by atoms with E-state index in [0.29, 0.717) is 34.0 Å². The summed E-state index contributed by atoms with van der Waals surface area (Å²) in [5.41, 5.74) is 8.21. The van der Waals surface area contributed by atoms with Crippen molar-refractivity contribution in [1.82, 2.24) is 15.1 Å². The maximum absolute atomic E-state index is 13.3. The Bertz CT molecular complexity index is 1490. The van der Waals surface area contributed by atoms with Crippen molar-refractivity contribution in [3.63, 3.8) is 0 Å². The van der Waals surface area contributed by atoms with Crippen LogP contribution >= 0.6 is 23.2 Å². The predicted molar refractivity (Wildman–Crippen MR) is 147 cm³/mol. The molecule has 14 heteroatoms. The van der Waals surface area contributed by atoms with Crippen LogP contribution in [0, 0.1) is 6.92 Å². The second-order valence-corrected chi connectivity index (χ2v) is 12.2. The molecule has 1 amide bonds. The number of nitrogens with zero attached hydrogens (tertiary/aromatic N) is 2. The highest BCUT2D eigenvalue weighted by atomic mass is 35.5. The van der Waals surface area contributed by atoms with Gasteiger partial charge in [0.1, 0.15) is 5.75 Å². The SMILES string of the molecule is Cc1c(C(=O)N[C@H]2CCC[C@@H](N)C2)nn(-c2ccc(Cl)cc2Cl)c1-c1ccc(OS(=O)(=O)CCC(F)(F)F)cc1. The Morgan fingerprint density at radius 2 is 1.88 bits per heavy atom. The molecule has 0 bridgehead atoms. The molecular formula is C26H27Cl2F3N4O4S. The summed E-state index contributed by atoms with van der Waals surface area (Å²) in [6.07, 6.45) is -2.87. The molecule has 1 aliphatic carbocycles. The number of amides is 1. The van der Waals surface area contributed by atoms with E-state index in [4.69, 9.17) is 33.1 Å². The van der Waals surface area contributed by atoms with Crippen LogP contribution in [0.25, 0.3) is 16.9 Å². The van der Waals surface area contributed by atoms with Gasteiger partial charge in [0, 0.05) is 28.2 Å². The average molecular weight is 619 g/mol. The lowest BCUT2D eigenvalue weighted by atomic mass is 9.91. The summed E-state index contributed by atoms with van der Waals surface area (Å²) in [6.45, 7) is 1.72. The van der Waals surface area contributed by atoms with Crippen molar-refractivity contribution < 1.29 is 30.6 Å². The van der Waals surface area contributed by atoms with Crippen molar-refractivity contribution in [2.45, 2.75) is 57.3 Å². The van der Waals surface area contributed by atoms with E-state index >= 15 is 0 Å². The van der Waals surface area contributed by atoms with Gasteiger partial charge in [0.25, 0.3) is 5.91 Å². The quantitative estimate of drug-likeness (QED) is 0.308. The first-order chi connectivity index (χ1) is 18.7. The number of hydrogen-bond acceptors (Lipinski definition) is 6. The van der Waals surface area contributed by atoms with Gasteiger partial charge in [-0.1, -0.05) is 23.2 Å². The summed E-state index contributed by atoms with van der Waals surface area (Å²) >= 11 is 12.5. The first-order valence-electron chi connectivity index (χ1n) is 12.4. The maximum Gasteiger partial charge on any atom is 0.390 e. The molecule has 1 aliphatic rings. The van der Waals surface area contributed by atoms with Crippen molar-refractivity contribution in [3.05, 3.63) is 63.8 Å². The number of carbonyl (C=O) groups excluding carboxylic acids is 1. The van der Waals surface area contributed by atoms with Gasteiger partial charge in [-0.05, 0) is 75.1 Å². The van der Waals surface area contributed by atoms with Gasteiger partial charge < -0.3 is 15.2 Å². The standard InChI is InChI=1S/C26H27Cl2F3N4O4S/c1-15-23(25(36)33-19-4-2-3-18(32)14-19)34-35(22-10-7-17(27)13-21(22)28)24(15)16-5-8-20(9-6-16)39-40(37,38)12-11-26(29,30)31/h5-10,13,18-19H,2-4,11-12,14,32H2,1H3,(H,33,36)/t18-,19+/m1/s1. The molecule has 0 saturated heterocycles. The molecule has 0 radical (unpaired) electrons. The van der Waals surface area contributed by atoms with E-state index in [2.05, 4.69) is 10.4 Å². The maximum atomic E-state index is 13.3. The van der Waals surface area contributed by atoms with Crippen LogP contribution in [-0.2, 0) is 10.1 Å². The van der Waals surface area contributed by atoms with Crippen LogP contribution in [0.1, 0.15) is 48.2 Å². The number of benzene rings is 2. The summed E-state index contributed by atoms with van der Waals surface area (Å²) in [5.74, 6) is -1.74. The Balaban J connectivity index is 1.68. The van der Waals surface area contributed by atoms with E-state index in [0.717, 1.165) is 19.3 Å². The van der Waals surface area contributed by atoms with E-state index in [-0.39, 0.29) is 34.5 Å². The van der Waals surface area contributed by atoms with Crippen molar-refractivity contribution >= 4 is 39.2 Å². The smallest absolute Gasteiger partial charge is 0.382 e. The van der Waals surface area contributed by atoms with Crippen molar-refractivity contribution in [2.24, 2.45) is 5.73 Å². The van der Waals surface area contributed by atoms with Crippen molar-refractivity contribution in [1.29, 1.82) is 0 Å². The molecule has 1 saturated carbocycles. The molecule has 3 aromatic rings. The molecule has 1 fully saturated rings. The minimum atomic E-state index is -4.63. The highest BCUT2D eigenvalue weighted by molar-refractivity contribution is 7.87. The molecule has 0 unspecified atom stereocenters. The van der Waals surface area contributed by atoms with Gasteiger partial charge in [0.2, 0.25) is 0 Å². The fourth-order valence-electron chi connectivity index (χ4n) is 4.59. The summed E-state index contributed by atoms with van der Waals surface area (Å²) in [7, 11) is -4.47. The summed E-state index contributed by atoms with van der Waals surface area (Å²) in [6, 6.07) is 10.4. The van der Waals surface area contributed by atoms with E-state index in [1.165, 1.54) is 35.0 Å². The lowest BCUT2D eigenvalue weighted by molar-refractivity contribution is -0.130. The molecule has 0 spiro atoms. The fraction of sp³-hybridized carbons (Fsp3) is 0.385. The van der Waals surface area contributed by atoms with Gasteiger partial charge in [0.05, 0.1) is 28.6 Å². The largest absolute Gasteiger partial charge is 0.390 e. The number of alkyl halides is 3. The van der Waals surface area contributed by atoms with Crippen LogP contribution in [0.4, 0.5) is 13.2 Å². The van der Waals surface area contributed by atoms with E-state index in [1.54, 1.807) is 19.1 Å². The van der Waals surface area contributed by atoms with Crippen LogP contribution in [0.3, 0.4) is 0 Å². The van der Waals surface area contributed by atoms with Gasteiger partial charge in [-0.15, -0.1) is 0 Å². The molecule has 2 aromatic carbocycles. The molecule has 216 valence electrons. The number of hydrogen-bond donors (Lipinski definition) is 2. The Hall–Kier alpha value is -2.80. The Morgan fingerprint density at radius 1 is 1.18 bits per heavy atom. The van der Waals surface area contributed by atoms with Gasteiger partial charge in [-0.2, -0.15) is 26.7 Å². The Kier molecular flexibility index (Phi) is 9.03. The normalized spacial score (nSPS) is 18.0. The molecule has 8 nitrogen and oxygen atoms in total. The fourth-order valence-corrected chi connectivity index (χ4v) is 6.05. The van der Waals surface area contributed by atoms with E-state index in [1.807, 2.05) is 0 Å². The third kappa shape index (κ3) is 7.48. The second-order valence-electron chi connectivity index (χ2n) is 9.66. The van der Waals surface area contributed by atoms with Crippen molar-refractivity contribution in [2.75, 3.05) is 5.75 Å². The molecule has 40 heavy (non-hydrogen) atoms. The van der Waals surface area contributed by atoms with Gasteiger partial charge >= 0.3 is 16.3 Å². The summed E-state index contributed by atoms with van der Waals surface area (Å²) in [4.78, 5) is 13.3. The number of aromatic nitrogens is 2. The zero-order valence-corrected chi connectivity index (χ0v) is 23.7. The number of nitrogens with one attached hydrogen (secondary N) is 1. The number of halogens is 5. The topological polar surface area (TPSA) is 116 Å². The first kappa shape index (κ1) is 30.2. The number of carbonyl (C=O) groups is 1. The van der Waals surface area contributed by atoms with Crippen LogP contribution in [0.15, 0.2) is 42.5 Å². The molecule has 0 aliphatic heterocycles. The lowest BCUT2D eigenvalue weighted by Crippen LogP contribution is -2.42. The molecular weight excluding hydrogens is 592 g/mol. The van der Waals surface area contributed by atoms with Crippen LogP contribution < -0.4 is 15.2 Å². The number of rotatable bonds is 8. The average Bonchev–Trinajstić information content (AvgIpc) is 3.19. The van der Waals surface area contributed by atoms with Crippen LogP contribution in [0.5, 0.6) is 5.75 Å². The second kappa shape index (κ2) is 12.0. The van der Waals surface area contributed by atoms with Gasteiger partial charge in [0.15, 0.2) is 5.69 Å². The van der Waals surface area contributed by atoms with Gasteiger partial charge in [-0.3, -0.25) is 4.79 Å². The van der Waals surface area contributed by atoms with E-state index < -0.39 is 28.5 Å². The third-order valence-electron chi connectivity index (χ3n) is 6.51. The monoisotopic (exact) mass is 618 g/mol. The Morgan fingerprint density at radius 3 is 2.50 bits per heavy atom. The first-order valence-corrected chi connectivity index (χ1v) is 14.8. The third-order valence-corrected chi connectivity index (χ3v) is 8.20. The zero-order chi connectivity index (χ0) is 29.2. The van der Waals surface area contributed by atoms with Crippen LogP contribution in [-0.4, -0.2) is 48.1 Å².